The minimum Gasteiger partial charge on any atom is -0.398 e. The maximum atomic E-state index is 11.8. The quantitative estimate of drug-likeness (QED) is 0.759. The lowest BCUT2D eigenvalue weighted by atomic mass is 10.1. The fourth-order valence-corrected chi connectivity index (χ4v) is 1.82. The zero-order valence-corrected chi connectivity index (χ0v) is 11.5. The summed E-state index contributed by atoms with van der Waals surface area (Å²) in [5, 5.41) is 2.71. The van der Waals surface area contributed by atoms with E-state index in [9.17, 15) is 9.59 Å². The lowest BCUT2D eigenvalue weighted by molar-refractivity contribution is -0.130. The minimum atomic E-state index is -0.245. The number of rotatable bonds is 6. The Balaban J connectivity index is 2.44. The van der Waals surface area contributed by atoms with E-state index in [4.69, 9.17) is 5.73 Å². The molecule has 0 heterocycles. The van der Waals surface area contributed by atoms with E-state index in [0.29, 0.717) is 37.3 Å². The molecule has 0 unspecified atom stereocenters. The number of nitrogens with one attached hydrogen (secondary N) is 1. The van der Waals surface area contributed by atoms with Crippen LogP contribution in [0, 0.1) is 0 Å². The Kier molecular flexibility index (Phi) is 5.85. The van der Waals surface area contributed by atoms with Gasteiger partial charge in [-0.25, -0.2) is 0 Å². The van der Waals surface area contributed by atoms with Gasteiger partial charge in [-0.05, 0) is 26.0 Å². The lowest BCUT2D eigenvalue weighted by Gasteiger charge is -2.18. The van der Waals surface area contributed by atoms with Gasteiger partial charge in [0, 0.05) is 31.7 Å². The minimum absolute atomic E-state index is 0.0475. The molecule has 2 amide bonds. The van der Waals surface area contributed by atoms with Gasteiger partial charge in [0.15, 0.2) is 0 Å². The van der Waals surface area contributed by atoms with Crippen molar-refractivity contribution in [3.63, 3.8) is 0 Å². The molecule has 0 spiro atoms. The van der Waals surface area contributed by atoms with Gasteiger partial charge in [-0.3, -0.25) is 9.59 Å². The highest BCUT2D eigenvalue weighted by atomic mass is 16.2. The summed E-state index contributed by atoms with van der Waals surface area (Å²) in [6.45, 7) is 5.57. The number of benzene rings is 1. The van der Waals surface area contributed by atoms with Crippen molar-refractivity contribution in [3.8, 4) is 0 Å². The van der Waals surface area contributed by atoms with Gasteiger partial charge in [0.2, 0.25) is 5.91 Å². The van der Waals surface area contributed by atoms with Gasteiger partial charge in [-0.15, -0.1) is 0 Å². The Morgan fingerprint density at radius 2 is 1.84 bits per heavy atom. The molecular weight excluding hydrogens is 242 g/mol. The SMILES string of the molecule is CCN(CC)C(=O)CCNC(=O)c1ccccc1N. The second-order valence-electron chi connectivity index (χ2n) is 4.16. The first-order valence-corrected chi connectivity index (χ1v) is 6.50. The largest absolute Gasteiger partial charge is 0.398 e. The van der Waals surface area contributed by atoms with Crippen molar-refractivity contribution < 1.29 is 9.59 Å². The molecule has 0 saturated heterocycles. The van der Waals surface area contributed by atoms with E-state index < -0.39 is 0 Å². The molecule has 0 atom stereocenters. The van der Waals surface area contributed by atoms with Crippen LogP contribution in [-0.2, 0) is 4.79 Å². The Labute approximate surface area is 113 Å². The Bertz CT molecular complexity index is 442. The van der Waals surface area contributed by atoms with E-state index >= 15 is 0 Å². The van der Waals surface area contributed by atoms with Gasteiger partial charge in [0.1, 0.15) is 0 Å². The Morgan fingerprint density at radius 3 is 2.42 bits per heavy atom. The topological polar surface area (TPSA) is 75.4 Å². The summed E-state index contributed by atoms with van der Waals surface area (Å²) in [5.41, 5.74) is 6.59. The molecule has 0 saturated carbocycles. The van der Waals surface area contributed by atoms with Crippen LogP contribution in [0.1, 0.15) is 30.6 Å². The summed E-state index contributed by atoms with van der Waals surface area (Å²) in [5.74, 6) is -0.197. The molecule has 19 heavy (non-hydrogen) atoms. The maximum absolute atomic E-state index is 11.8. The molecular formula is C14H21N3O2. The zero-order valence-electron chi connectivity index (χ0n) is 11.5. The molecule has 0 aliphatic carbocycles. The van der Waals surface area contributed by atoms with Crippen molar-refractivity contribution in [2.45, 2.75) is 20.3 Å². The van der Waals surface area contributed by atoms with Crippen LogP contribution < -0.4 is 11.1 Å². The number of carbonyl (C=O) groups excluding carboxylic acids is 2. The second-order valence-corrected chi connectivity index (χ2v) is 4.16. The summed E-state index contributed by atoms with van der Waals surface area (Å²) < 4.78 is 0. The first-order valence-electron chi connectivity index (χ1n) is 6.50. The molecule has 104 valence electrons. The summed E-state index contributed by atoms with van der Waals surface area (Å²) in [4.78, 5) is 25.3. The zero-order chi connectivity index (χ0) is 14.3. The average Bonchev–Trinajstić information content (AvgIpc) is 2.40. The molecule has 0 aliphatic heterocycles. The van der Waals surface area contributed by atoms with Crippen molar-refractivity contribution in [2.75, 3.05) is 25.4 Å². The lowest BCUT2D eigenvalue weighted by Crippen LogP contribution is -2.34. The predicted molar refractivity (Wildman–Crippen MR) is 75.7 cm³/mol. The van der Waals surface area contributed by atoms with Gasteiger partial charge < -0.3 is 16.0 Å². The maximum Gasteiger partial charge on any atom is 0.253 e. The molecule has 0 aromatic heterocycles. The van der Waals surface area contributed by atoms with E-state index in [2.05, 4.69) is 5.32 Å². The van der Waals surface area contributed by atoms with Crippen LogP contribution in [0.4, 0.5) is 5.69 Å². The third-order valence-corrected chi connectivity index (χ3v) is 2.95. The number of amides is 2. The summed E-state index contributed by atoms with van der Waals surface area (Å²) in [6, 6.07) is 6.87. The highest BCUT2D eigenvalue weighted by Crippen LogP contribution is 2.09. The van der Waals surface area contributed by atoms with Crippen molar-refractivity contribution >= 4 is 17.5 Å². The summed E-state index contributed by atoms with van der Waals surface area (Å²) in [7, 11) is 0. The van der Waals surface area contributed by atoms with Crippen molar-refractivity contribution in [3.05, 3.63) is 29.8 Å². The molecule has 0 bridgehead atoms. The van der Waals surface area contributed by atoms with Crippen molar-refractivity contribution in [1.82, 2.24) is 10.2 Å². The van der Waals surface area contributed by atoms with Gasteiger partial charge in [-0.2, -0.15) is 0 Å². The average molecular weight is 263 g/mol. The Hall–Kier alpha value is -2.04. The van der Waals surface area contributed by atoms with Crippen LogP contribution in [0.3, 0.4) is 0 Å². The second kappa shape index (κ2) is 7.41. The number of anilines is 1. The van der Waals surface area contributed by atoms with Crippen molar-refractivity contribution in [2.24, 2.45) is 0 Å². The molecule has 3 N–H and O–H groups in total. The molecule has 0 fully saturated rings. The number of hydrogen-bond donors (Lipinski definition) is 2. The van der Waals surface area contributed by atoms with Gasteiger partial charge in [0.05, 0.1) is 5.56 Å². The first-order chi connectivity index (χ1) is 9.10. The third kappa shape index (κ3) is 4.28. The van der Waals surface area contributed by atoms with Gasteiger partial charge in [-0.1, -0.05) is 12.1 Å². The number of nitrogens with zero attached hydrogens (tertiary/aromatic N) is 1. The number of hydrogen-bond acceptors (Lipinski definition) is 3. The van der Waals surface area contributed by atoms with E-state index in [1.165, 1.54) is 0 Å². The smallest absolute Gasteiger partial charge is 0.253 e. The molecule has 5 nitrogen and oxygen atoms in total. The standard InChI is InChI=1S/C14H21N3O2/c1-3-17(4-2)13(18)9-10-16-14(19)11-7-5-6-8-12(11)15/h5-8H,3-4,9-10,15H2,1-2H3,(H,16,19). The Morgan fingerprint density at radius 1 is 1.21 bits per heavy atom. The molecule has 0 aliphatic rings. The molecule has 0 radical (unpaired) electrons. The fourth-order valence-electron chi connectivity index (χ4n) is 1.82. The van der Waals surface area contributed by atoms with E-state index in [1.54, 1.807) is 29.2 Å². The molecule has 1 aromatic carbocycles. The van der Waals surface area contributed by atoms with E-state index in [0.717, 1.165) is 0 Å². The van der Waals surface area contributed by atoms with Crippen LogP contribution in [0.5, 0.6) is 0 Å². The third-order valence-electron chi connectivity index (χ3n) is 2.95. The molecule has 1 rings (SSSR count). The van der Waals surface area contributed by atoms with Crippen LogP contribution >= 0.6 is 0 Å². The van der Waals surface area contributed by atoms with Crippen LogP contribution in [-0.4, -0.2) is 36.3 Å². The van der Waals surface area contributed by atoms with Gasteiger partial charge in [0.25, 0.3) is 5.91 Å². The normalized spacial score (nSPS) is 10.0. The molecule has 1 aromatic rings. The van der Waals surface area contributed by atoms with Crippen LogP contribution in [0.25, 0.3) is 0 Å². The number of nitrogen functional groups attached to an aromatic ring is 1. The number of para-hydroxylation sites is 1. The first kappa shape index (κ1) is 15.0. The predicted octanol–water partition coefficient (Wildman–Crippen LogP) is 1.26. The summed E-state index contributed by atoms with van der Waals surface area (Å²) in [6.07, 6.45) is 0.306. The van der Waals surface area contributed by atoms with Crippen LogP contribution in [0.15, 0.2) is 24.3 Å². The van der Waals surface area contributed by atoms with E-state index in [-0.39, 0.29) is 11.8 Å². The monoisotopic (exact) mass is 263 g/mol. The fraction of sp³-hybridized carbons (Fsp3) is 0.429. The number of nitrogens with two attached hydrogens (primary N) is 1. The highest BCUT2D eigenvalue weighted by Gasteiger charge is 2.11. The highest BCUT2D eigenvalue weighted by molar-refractivity contribution is 5.99. The van der Waals surface area contributed by atoms with Crippen LogP contribution in [0.2, 0.25) is 0 Å². The summed E-state index contributed by atoms with van der Waals surface area (Å²) >= 11 is 0. The number of carbonyl (C=O) groups is 2. The van der Waals surface area contributed by atoms with Gasteiger partial charge >= 0.3 is 0 Å². The van der Waals surface area contributed by atoms with Crippen molar-refractivity contribution in [1.29, 1.82) is 0 Å². The molecule has 5 heteroatoms. The van der Waals surface area contributed by atoms with E-state index in [1.807, 2.05) is 13.8 Å².